The standard InChI is InChI=1S/C12H10BrF6NO3/c1-2-22-9(21)4-6-3-8(23-12(17,18)19)10(11(14,15)16)7(5-13)20-6/h3H,2,4-5H2,1H3. The lowest BCUT2D eigenvalue weighted by molar-refractivity contribution is -0.276. The first-order valence-corrected chi connectivity index (χ1v) is 7.17. The van der Waals surface area contributed by atoms with E-state index in [1.807, 2.05) is 0 Å². The first-order chi connectivity index (χ1) is 10.5. The zero-order chi connectivity index (χ0) is 17.8. The largest absolute Gasteiger partial charge is 0.573 e. The third-order valence-corrected chi connectivity index (χ3v) is 2.91. The topological polar surface area (TPSA) is 48.4 Å². The van der Waals surface area contributed by atoms with Gasteiger partial charge in [0.05, 0.1) is 24.4 Å². The predicted molar refractivity (Wildman–Crippen MR) is 68.9 cm³/mol. The Balaban J connectivity index is 3.38. The Morgan fingerprint density at radius 3 is 2.30 bits per heavy atom. The van der Waals surface area contributed by atoms with E-state index in [9.17, 15) is 31.1 Å². The lowest BCUT2D eigenvalue weighted by Gasteiger charge is -2.18. The molecular formula is C12H10BrF6NO3. The Morgan fingerprint density at radius 2 is 1.87 bits per heavy atom. The zero-order valence-electron chi connectivity index (χ0n) is 11.5. The highest BCUT2D eigenvalue weighted by molar-refractivity contribution is 9.08. The quantitative estimate of drug-likeness (QED) is 0.419. The minimum atomic E-state index is -5.33. The van der Waals surface area contributed by atoms with Crippen molar-refractivity contribution in [3.8, 4) is 5.75 Å². The summed E-state index contributed by atoms with van der Waals surface area (Å²) in [5, 5.41) is -0.479. The van der Waals surface area contributed by atoms with Gasteiger partial charge in [0.15, 0.2) is 0 Å². The molecule has 130 valence electrons. The van der Waals surface area contributed by atoms with Gasteiger partial charge in [-0.05, 0) is 6.92 Å². The molecule has 11 heteroatoms. The van der Waals surface area contributed by atoms with Crippen LogP contribution in [0.3, 0.4) is 0 Å². The van der Waals surface area contributed by atoms with Gasteiger partial charge in [-0.25, -0.2) is 0 Å². The molecule has 0 radical (unpaired) electrons. The van der Waals surface area contributed by atoms with E-state index in [0.29, 0.717) is 6.07 Å². The Labute approximate surface area is 134 Å². The maximum atomic E-state index is 13.0. The molecule has 0 spiro atoms. The normalized spacial score (nSPS) is 12.2. The fourth-order valence-corrected chi connectivity index (χ4v) is 2.09. The maximum absolute atomic E-state index is 13.0. The lowest BCUT2D eigenvalue weighted by Crippen LogP contribution is -2.22. The number of alkyl halides is 7. The number of halogens is 7. The fraction of sp³-hybridized carbons (Fsp3) is 0.500. The second kappa shape index (κ2) is 7.37. The van der Waals surface area contributed by atoms with Gasteiger partial charge in [-0.3, -0.25) is 9.78 Å². The number of nitrogens with zero attached hydrogens (tertiary/aromatic N) is 1. The average Bonchev–Trinajstić information content (AvgIpc) is 2.34. The van der Waals surface area contributed by atoms with Crippen LogP contribution in [-0.2, 0) is 27.5 Å². The van der Waals surface area contributed by atoms with Crippen LogP contribution >= 0.6 is 15.9 Å². The van der Waals surface area contributed by atoms with Crippen molar-refractivity contribution in [3.05, 3.63) is 23.0 Å². The van der Waals surface area contributed by atoms with Crippen molar-refractivity contribution in [1.82, 2.24) is 4.98 Å². The van der Waals surface area contributed by atoms with E-state index in [1.165, 1.54) is 6.92 Å². The number of hydrogen-bond donors (Lipinski definition) is 0. The first kappa shape index (κ1) is 19.5. The van der Waals surface area contributed by atoms with Gasteiger partial charge in [0.1, 0.15) is 11.3 Å². The van der Waals surface area contributed by atoms with Crippen molar-refractivity contribution < 1.29 is 40.6 Å². The van der Waals surface area contributed by atoms with Crippen molar-refractivity contribution in [1.29, 1.82) is 0 Å². The Hall–Kier alpha value is -1.52. The van der Waals surface area contributed by atoms with Crippen molar-refractivity contribution in [2.24, 2.45) is 0 Å². The van der Waals surface area contributed by atoms with Gasteiger partial charge in [0.2, 0.25) is 0 Å². The van der Waals surface area contributed by atoms with Crippen LogP contribution in [0.15, 0.2) is 6.07 Å². The number of aromatic nitrogens is 1. The van der Waals surface area contributed by atoms with Gasteiger partial charge >= 0.3 is 18.5 Å². The SMILES string of the molecule is CCOC(=O)Cc1cc(OC(F)(F)F)c(C(F)(F)F)c(CBr)n1. The summed E-state index contributed by atoms with van der Waals surface area (Å²) < 4.78 is 84.0. The van der Waals surface area contributed by atoms with Crippen molar-refractivity contribution >= 4 is 21.9 Å². The second-order valence-corrected chi connectivity index (χ2v) is 4.66. The number of esters is 1. The van der Waals surface area contributed by atoms with Crippen LogP contribution in [0.5, 0.6) is 5.75 Å². The summed E-state index contributed by atoms with van der Waals surface area (Å²) in [6.07, 6.45) is -11.0. The summed E-state index contributed by atoms with van der Waals surface area (Å²) in [5.74, 6) is -2.30. The molecule has 0 bridgehead atoms. The molecule has 1 heterocycles. The van der Waals surface area contributed by atoms with Crippen LogP contribution in [-0.4, -0.2) is 23.9 Å². The van der Waals surface area contributed by atoms with E-state index in [2.05, 4.69) is 30.4 Å². The Kier molecular flexibility index (Phi) is 6.25. The second-order valence-electron chi connectivity index (χ2n) is 4.09. The lowest BCUT2D eigenvalue weighted by atomic mass is 10.1. The van der Waals surface area contributed by atoms with Gasteiger partial charge in [-0.2, -0.15) is 13.2 Å². The smallest absolute Gasteiger partial charge is 0.466 e. The Bertz CT molecular complexity index is 573. The highest BCUT2D eigenvalue weighted by Crippen LogP contribution is 2.41. The minimum Gasteiger partial charge on any atom is -0.466 e. The van der Waals surface area contributed by atoms with Gasteiger partial charge in [-0.1, -0.05) is 15.9 Å². The van der Waals surface area contributed by atoms with E-state index in [4.69, 9.17) is 0 Å². The predicted octanol–water partition coefficient (Wildman–Crippen LogP) is 4.00. The number of carbonyl (C=O) groups is 1. The monoisotopic (exact) mass is 409 g/mol. The molecule has 23 heavy (non-hydrogen) atoms. The fourth-order valence-electron chi connectivity index (χ4n) is 1.68. The van der Waals surface area contributed by atoms with Crippen molar-refractivity contribution in [2.75, 3.05) is 6.61 Å². The first-order valence-electron chi connectivity index (χ1n) is 6.05. The van der Waals surface area contributed by atoms with E-state index in [-0.39, 0.29) is 12.3 Å². The molecule has 0 aliphatic heterocycles. The molecule has 0 N–H and O–H groups in total. The molecule has 0 aliphatic carbocycles. The van der Waals surface area contributed by atoms with Gasteiger partial charge < -0.3 is 9.47 Å². The van der Waals surface area contributed by atoms with Crippen LogP contribution < -0.4 is 4.74 Å². The van der Waals surface area contributed by atoms with Gasteiger partial charge in [0, 0.05) is 11.4 Å². The van der Waals surface area contributed by atoms with Gasteiger partial charge in [-0.15, -0.1) is 13.2 Å². The van der Waals surface area contributed by atoms with E-state index in [1.54, 1.807) is 0 Å². The highest BCUT2D eigenvalue weighted by atomic mass is 79.9. The average molecular weight is 410 g/mol. The third-order valence-electron chi connectivity index (χ3n) is 2.38. The molecule has 0 amide bonds. The molecule has 0 atom stereocenters. The zero-order valence-corrected chi connectivity index (χ0v) is 13.1. The number of rotatable bonds is 5. The summed E-state index contributed by atoms with van der Waals surface area (Å²) in [5.41, 5.74) is -2.71. The van der Waals surface area contributed by atoms with Crippen LogP contribution in [0.4, 0.5) is 26.3 Å². The molecule has 0 aliphatic rings. The van der Waals surface area contributed by atoms with Crippen molar-refractivity contribution in [2.45, 2.75) is 31.2 Å². The van der Waals surface area contributed by atoms with E-state index in [0.717, 1.165) is 0 Å². The summed E-state index contributed by atoms with van der Waals surface area (Å²) in [6.45, 7) is 1.51. The number of carbonyl (C=O) groups excluding carboxylic acids is 1. The molecule has 1 aromatic rings. The van der Waals surface area contributed by atoms with Crippen LogP contribution in [0.1, 0.15) is 23.9 Å². The van der Waals surface area contributed by atoms with Crippen molar-refractivity contribution in [3.63, 3.8) is 0 Å². The van der Waals surface area contributed by atoms with Crippen LogP contribution in [0.2, 0.25) is 0 Å². The molecule has 0 saturated carbocycles. The van der Waals surface area contributed by atoms with E-state index >= 15 is 0 Å². The molecule has 0 unspecified atom stereocenters. The summed E-state index contributed by atoms with van der Waals surface area (Å²) in [7, 11) is 0. The molecular weight excluding hydrogens is 400 g/mol. The molecule has 4 nitrogen and oxygen atoms in total. The summed E-state index contributed by atoms with van der Waals surface area (Å²) in [6, 6.07) is 0.430. The highest BCUT2D eigenvalue weighted by Gasteiger charge is 2.42. The van der Waals surface area contributed by atoms with Crippen LogP contribution in [0, 0.1) is 0 Å². The third kappa shape index (κ3) is 5.88. The molecule has 1 aromatic heterocycles. The maximum Gasteiger partial charge on any atom is 0.573 e. The summed E-state index contributed by atoms with van der Waals surface area (Å²) in [4.78, 5) is 14.9. The Morgan fingerprint density at radius 1 is 1.26 bits per heavy atom. The minimum absolute atomic E-state index is 0.0106. The molecule has 0 saturated heterocycles. The van der Waals surface area contributed by atoms with Crippen LogP contribution in [0.25, 0.3) is 0 Å². The van der Waals surface area contributed by atoms with E-state index < -0.39 is 47.3 Å². The number of ether oxygens (including phenoxy) is 2. The molecule has 1 rings (SSSR count). The number of hydrogen-bond acceptors (Lipinski definition) is 4. The molecule has 0 aromatic carbocycles. The molecule has 0 fully saturated rings. The summed E-state index contributed by atoms with van der Waals surface area (Å²) >= 11 is 2.73. The number of pyridine rings is 1. The van der Waals surface area contributed by atoms with Gasteiger partial charge in [0.25, 0.3) is 0 Å².